The lowest BCUT2D eigenvalue weighted by atomic mass is 10.0. The number of sulfonamides is 1. The first-order valence-electron chi connectivity index (χ1n) is 10.9. The van der Waals surface area contributed by atoms with E-state index in [1.54, 1.807) is 36.4 Å². The molecule has 1 aliphatic rings. The van der Waals surface area contributed by atoms with Crippen LogP contribution in [-0.4, -0.2) is 33.5 Å². The first-order chi connectivity index (χ1) is 15.8. The minimum absolute atomic E-state index is 0.0990. The van der Waals surface area contributed by atoms with Crippen molar-refractivity contribution in [3.63, 3.8) is 0 Å². The number of hydrogen-bond acceptors (Lipinski definition) is 4. The second kappa shape index (κ2) is 9.27. The Balaban J connectivity index is 1.58. The molecule has 0 spiro atoms. The molecule has 3 aromatic carbocycles. The van der Waals surface area contributed by atoms with E-state index in [0.29, 0.717) is 18.0 Å². The van der Waals surface area contributed by atoms with E-state index in [-0.39, 0.29) is 23.3 Å². The second-order valence-electron chi connectivity index (χ2n) is 8.48. The van der Waals surface area contributed by atoms with Gasteiger partial charge in [0.05, 0.1) is 17.1 Å². The summed E-state index contributed by atoms with van der Waals surface area (Å²) >= 11 is 0. The number of ether oxygens (including phenoxy) is 1. The smallest absolute Gasteiger partial charge is 0.264 e. The third-order valence-corrected chi connectivity index (χ3v) is 7.63. The average molecular weight is 465 g/mol. The van der Waals surface area contributed by atoms with E-state index in [4.69, 9.17) is 4.74 Å². The van der Waals surface area contributed by atoms with Gasteiger partial charge in [-0.2, -0.15) is 0 Å². The first-order valence-corrected chi connectivity index (χ1v) is 12.4. The monoisotopic (exact) mass is 464 g/mol. The van der Waals surface area contributed by atoms with Crippen LogP contribution >= 0.6 is 0 Å². The second-order valence-corrected chi connectivity index (χ2v) is 10.3. The Hall–Kier alpha value is -3.32. The molecule has 2 atom stereocenters. The summed E-state index contributed by atoms with van der Waals surface area (Å²) in [5, 5.41) is 2.93. The van der Waals surface area contributed by atoms with E-state index in [1.807, 2.05) is 57.2 Å². The fourth-order valence-corrected chi connectivity index (χ4v) is 5.30. The summed E-state index contributed by atoms with van der Waals surface area (Å²) in [7, 11) is -3.88. The van der Waals surface area contributed by atoms with Crippen LogP contribution in [0.2, 0.25) is 0 Å². The highest BCUT2D eigenvalue weighted by molar-refractivity contribution is 7.92. The summed E-state index contributed by atoms with van der Waals surface area (Å²) < 4.78 is 34.3. The Bertz CT molecular complexity index is 1240. The van der Waals surface area contributed by atoms with Crippen LogP contribution in [0.4, 0.5) is 5.69 Å². The fourth-order valence-electron chi connectivity index (χ4n) is 3.83. The maximum atomic E-state index is 13.5. The molecule has 0 saturated heterocycles. The van der Waals surface area contributed by atoms with Crippen LogP contribution in [0, 0.1) is 13.8 Å². The van der Waals surface area contributed by atoms with Gasteiger partial charge >= 0.3 is 0 Å². The fraction of sp³-hybridized carbons (Fsp3) is 0.269. The average Bonchev–Trinajstić information content (AvgIpc) is 2.82. The van der Waals surface area contributed by atoms with Crippen LogP contribution < -0.4 is 14.4 Å². The lowest BCUT2D eigenvalue weighted by Gasteiger charge is -2.35. The number of rotatable bonds is 6. The van der Waals surface area contributed by atoms with Crippen LogP contribution in [0.25, 0.3) is 0 Å². The van der Waals surface area contributed by atoms with Crippen LogP contribution in [-0.2, 0) is 14.8 Å². The zero-order chi connectivity index (χ0) is 23.6. The Kier molecular flexibility index (Phi) is 6.42. The largest absolute Gasteiger partial charge is 0.476 e. The van der Waals surface area contributed by atoms with E-state index < -0.39 is 16.1 Å². The van der Waals surface area contributed by atoms with E-state index >= 15 is 0 Å². The molecule has 7 heteroatoms. The molecular weight excluding hydrogens is 436 g/mol. The third kappa shape index (κ3) is 4.88. The maximum absolute atomic E-state index is 13.5. The molecule has 4 rings (SSSR count). The van der Waals surface area contributed by atoms with Crippen molar-refractivity contribution in [2.24, 2.45) is 0 Å². The molecule has 1 N–H and O–H groups in total. The predicted molar refractivity (Wildman–Crippen MR) is 129 cm³/mol. The van der Waals surface area contributed by atoms with Gasteiger partial charge in [0.25, 0.3) is 15.9 Å². The Morgan fingerprint density at radius 3 is 2.39 bits per heavy atom. The van der Waals surface area contributed by atoms with Crippen molar-refractivity contribution in [3.8, 4) is 5.75 Å². The summed E-state index contributed by atoms with van der Waals surface area (Å²) in [4.78, 5) is 13.2. The highest BCUT2D eigenvalue weighted by Gasteiger charge is 2.37. The molecule has 0 saturated carbocycles. The molecule has 0 aliphatic carbocycles. The lowest BCUT2D eigenvalue weighted by Crippen LogP contribution is -2.51. The number of aryl methyl sites for hydroxylation is 2. The van der Waals surface area contributed by atoms with Crippen LogP contribution in [0.3, 0.4) is 0 Å². The van der Waals surface area contributed by atoms with E-state index in [0.717, 1.165) is 16.7 Å². The number of fused-ring (bicyclic) bond motifs is 1. The van der Waals surface area contributed by atoms with Gasteiger partial charge in [-0.05, 0) is 55.2 Å². The van der Waals surface area contributed by atoms with Crippen LogP contribution in [0.1, 0.15) is 29.5 Å². The molecule has 0 bridgehead atoms. The molecule has 2 unspecified atom stereocenters. The van der Waals surface area contributed by atoms with Gasteiger partial charge in [-0.25, -0.2) is 8.42 Å². The predicted octanol–water partition coefficient (Wildman–Crippen LogP) is 4.18. The van der Waals surface area contributed by atoms with Gasteiger partial charge in [-0.1, -0.05) is 61.0 Å². The van der Waals surface area contributed by atoms with Gasteiger partial charge in [0.1, 0.15) is 5.75 Å². The van der Waals surface area contributed by atoms with Gasteiger partial charge < -0.3 is 10.1 Å². The number of carbonyl (C=O) groups is 1. The van der Waals surface area contributed by atoms with Gasteiger partial charge in [0.2, 0.25) is 0 Å². The molecule has 1 heterocycles. The Morgan fingerprint density at radius 2 is 1.70 bits per heavy atom. The third-order valence-electron chi connectivity index (χ3n) is 5.84. The molecule has 6 nitrogen and oxygen atoms in total. The number of benzene rings is 3. The van der Waals surface area contributed by atoms with Crippen molar-refractivity contribution >= 4 is 21.6 Å². The number of nitrogens with zero attached hydrogens (tertiary/aromatic N) is 1. The molecule has 0 fully saturated rings. The van der Waals surface area contributed by atoms with Crippen molar-refractivity contribution in [1.82, 2.24) is 5.32 Å². The van der Waals surface area contributed by atoms with Crippen molar-refractivity contribution in [2.75, 3.05) is 17.4 Å². The summed E-state index contributed by atoms with van der Waals surface area (Å²) in [6.07, 6.45) is -0.955. The highest BCUT2D eigenvalue weighted by atomic mass is 32.2. The quantitative estimate of drug-likeness (QED) is 0.594. The normalized spacial score (nSPS) is 16.5. The molecule has 0 radical (unpaired) electrons. The van der Waals surface area contributed by atoms with Crippen molar-refractivity contribution < 1.29 is 17.9 Å². The van der Waals surface area contributed by atoms with Crippen molar-refractivity contribution in [1.29, 1.82) is 0 Å². The Labute approximate surface area is 195 Å². The summed E-state index contributed by atoms with van der Waals surface area (Å²) in [6, 6.07) is 21.9. The van der Waals surface area contributed by atoms with Gasteiger partial charge in [0.15, 0.2) is 6.10 Å². The summed E-state index contributed by atoms with van der Waals surface area (Å²) in [5.41, 5.74) is 3.43. The topological polar surface area (TPSA) is 75.7 Å². The number of anilines is 1. The van der Waals surface area contributed by atoms with E-state index in [9.17, 15) is 13.2 Å². The molecule has 172 valence electrons. The van der Waals surface area contributed by atoms with Gasteiger partial charge in [-0.3, -0.25) is 9.10 Å². The molecule has 1 aliphatic heterocycles. The van der Waals surface area contributed by atoms with Crippen LogP contribution in [0.15, 0.2) is 77.7 Å². The zero-order valence-electron chi connectivity index (χ0n) is 19.0. The highest BCUT2D eigenvalue weighted by Crippen LogP contribution is 2.37. The van der Waals surface area contributed by atoms with Crippen LogP contribution in [0.5, 0.6) is 5.75 Å². The SMILES string of the molecule is Cc1ccc(S(=O)(=O)N2CC(C(=O)NCC(C)c3ccccc3)Oc3ccc(C)cc32)cc1. The molecular formula is C26H28N2O4S. The standard InChI is InChI=1S/C26H28N2O4S/c1-18-9-12-22(13-10-18)33(30,31)28-17-25(32-24-14-11-19(2)15-23(24)28)26(29)27-16-20(3)21-7-5-4-6-8-21/h4-15,20,25H,16-17H2,1-3H3,(H,27,29). The minimum Gasteiger partial charge on any atom is -0.476 e. The number of carbonyl (C=O) groups excluding carboxylic acids is 1. The minimum atomic E-state index is -3.88. The molecule has 1 amide bonds. The van der Waals surface area contributed by atoms with Gasteiger partial charge in [0, 0.05) is 6.54 Å². The van der Waals surface area contributed by atoms with E-state index in [2.05, 4.69) is 5.32 Å². The zero-order valence-corrected chi connectivity index (χ0v) is 19.8. The van der Waals surface area contributed by atoms with Crippen molar-refractivity contribution in [2.45, 2.75) is 37.7 Å². The molecule has 3 aromatic rings. The van der Waals surface area contributed by atoms with Gasteiger partial charge in [-0.15, -0.1) is 0 Å². The Morgan fingerprint density at radius 1 is 1.03 bits per heavy atom. The summed E-state index contributed by atoms with van der Waals surface area (Å²) in [5.74, 6) is 0.146. The number of nitrogens with one attached hydrogen (secondary N) is 1. The summed E-state index contributed by atoms with van der Waals surface area (Å²) in [6.45, 7) is 6.15. The number of amides is 1. The van der Waals surface area contributed by atoms with Crippen molar-refractivity contribution in [3.05, 3.63) is 89.5 Å². The lowest BCUT2D eigenvalue weighted by molar-refractivity contribution is -0.127. The maximum Gasteiger partial charge on any atom is 0.264 e. The molecule has 0 aromatic heterocycles. The van der Waals surface area contributed by atoms with E-state index in [1.165, 1.54) is 4.31 Å². The first kappa shape index (κ1) is 22.9. The number of hydrogen-bond donors (Lipinski definition) is 1. The molecule has 33 heavy (non-hydrogen) atoms.